The molecule has 184 valence electrons. The minimum atomic E-state index is -1.89. The average molecular weight is 505 g/mol. The molecule has 1 atom stereocenters. The van der Waals surface area contributed by atoms with E-state index in [-0.39, 0.29) is 18.2 Å². The number of aliphatic hydroxyl groups is 2. The molecule has 2 aromatic carbocycles. The van der Waals surface area contributed by atoms with E-state index in [0.717, 1.165) is 23.4 Å². The van der Waals surface area contributed by atoms with E-state index in [0.29, 0.717) is 46.0 Å². The highest BCUT2D eigenvalue weighted by atomic mass is 32.2. The summed E-state index contributed by atoms with van der Waals surface area (Å²) < 4.78 is 7.55. The van der Waals surface area contributed by atoms with Crippen LogP contribution in [-0.2, 0) is 4.79 Å². The Labute approximate surface area is 210 Å². The smallest absolute Gasteiger partial charge is 0.328 e. The van der Waals surface area contributed by atoms with Gasteiger partial charge in [-0.25, -0.2) is 14.3 Å². The van der Waals surface area contributed by atoms with Gasteiger partial charge in [-0.2, -0.15) is 5.10 Å². The number of rotatable bonds is 6. The molecule has 1 aliphatic heterocycles. The van der Waals surface area contributed by atoms with Crippen molar-refractivity contribution in [3.63, 3.8) is 0 Å². The van der Waals surface area contributed by atoms with Gasteiger partial charge in [-0.1, -0.05) is 42.1 Å². The Morgan fingerprint density at radius 1 is 1.14 bits per heavy atom. The molecule has 0 amide bonds. The SMILES string of the molecule is Nc1ncnn2c(C3CCSC(O)(O)C3)c(/C=C/C(=O)O)c(-c3ccc(Oc4ccccc4)cc3)c12. The average Bonchev–Trinajstić information content (AvgIpc) is 3.19. The largest absolute Gasteiger partial charge is 0.478 e. The second-order valence-electron chi connectivity index (χ2n) is 8.47. The van der Waals surface area contributed by atoms with Crippen molar-refractivity contribution < 1.29 is 24.9 Å². The van der Waals surface area contributed by atoms with Gasteiger partial charge < -0.3 is 25.8 Å². The molecular weight excluding hydrogens is 480 g/mol. The van der Waals surface area contributed by atoms with E-state index in [1.807, 2.05) is 54.6 Å². The maximum absolute atomic E-state index is 11.5. The van der Waals surface area contributed by atoms with Crippen LogP contribution in [0.3, 0.4) is 0 Å². The van der Waals surface area contributed by atoms with E-state index >= 15 is 0 Å². The number of hydrogen-bond donors (Lipinski definition) is 4. The van der Waals surface area contributed by atoms with Crippen LogP contribution < -0.4 is 10.5 Å². The van der Waals surface area contributed by atoms with Crippen LogP contribution >= 0.6 is 11.8 Å². The monoisotopic (exact) mass is 504 g/mol. The van der Waals surface area contributed by atoms with Gasteiger partial charge >= 0.3 is 5.97 Å². The number of aliphatic carboxylic acids is 1. The molecule has 0 spiro atoms. The molecule has 36 heavy (non-hydrogen) atoms. The van der Waals surface area contributed by atoms with Crippen LogP contribution in [0.4, 0.5) is 5.82 Å². The second-order valence-corrected chi connectivity index (χ2v) is 9.82. The molecule has 1 saturated heterocycles. The number of hydrogen-bond acceptors (Lipinski definition) is 8. The Bertz CT molecular complexity index is 1430. The summed E-state index contributed by atoms with van der Waals surface area (Å²) in [4.78, 5) is 15.6. The Morgan fingerprint density at radius 2 is 1.86 bits per heavy atom. The van der Waals surface area contributed by atoms with Gasteiger partial charge in [0.1, 0.15) is 23.3 Å². The predicted molar refractivity (Wildman–Crippen MR) is 138 cm³/mol. The third-order valence-corrected chi connectivity index (χ3v) is 7.11. The first-order valence-corrected chi connectivity index (χ1v) is 12.3. The zero-order valence-corrected chi connectivity index (χ0v) is 19.9. The summed E-state index contributed by atoms with van der Waals surface area (Å²) in [5, 5.41) is 32.6. The van der Waals surface area contributed by atoms with Crippen LogP contribution in [-0.4, -0.2) is 46.8 Å². The fraction of sp³-hybridized carbons (Fsp3) is 0.192. The van der Waals surface area contributed by atoms with Crippen molar-refractivity contribution in [1.82, 2.24) is 14.6 Å². The first kappa shape index (κ1) is 23.9. The standard InChI is InChI=1S/C26H24N4O5S/c27-25-24-22(16-6-8-19(9-7-16)35-18-4-2-1-3-5-18)20(10-11-21(31)32)23(30(24)29-15-28-25)17-12-13-36-26(33,34)14-17/h1-11,15,17,33-34H,12-14H2,(H,31,32)(H2,27,28,29)/b11-10+. The van der Waals surface area contributed by atoms with Gasteiger partial charge in [0.05, 0.1) is 5.69 Å². The zero-order valence-electron chi connectivity index (χ0n) is 19.1. The third-order valence-electron chi connectivity index (χ3n) is 6.04. The maximum Gasteiger partial charge on any atom is 0.328 e. The number of nitrogens with zero attached hydrogens (tertiary/aromatic N) is 3. The molecule has 1 unspecified atom stereocenters. The first-order chi connectivity index (χ1) is 17.3. The Morgan fingerprint density at radius 3 is 2.56 bits per heavy atom. The normalized spacial score (nSPS) is 17.4. The lowest BCUT2D eigenvalue weighted by molar-refractivity contribution is -0.131. The minimum Gasteiger partial charge on any atom is -0.478 e. The van der Waals surface area contributed by atoms with Crippen LogP contribution in [0, 0.1) is 0 Å². The number of benzene rings is 2. The van der Waals surface area contributed by atoms with Crippen molar-refractivity contribution in [3.8, 4) is 22.6 Å². The van der Waals surface area contributed by atoms with Crippen LogP contribution in [0.5, 0.6) is 11.5 Å². The molecule has 5 N–H and O–H groups in total. The summed E-state index contributed by atoms with van der Waals surface area (Å²) in [5.41, 5.74) is 9.50. The Kier molecular flexibility index (Phi) is 6.40. The summed E-state index contributed by atoms with van der Waals surface area (Å²) in [6.45, 7) is 0. The van der Waals surface area contributed by atoms with Gasteiger partial charge in [0.2, 0.25) is 5.12 Å². The number of aromatic nitrogens is 3. The fourth-order valence-electron chi connectivity index (χ4n) is 4.56. The summed E-state index contributed by atoms with van der Waals surface area (Å²) in [5.74, 6) is 0.683. The number of ether oxygens (including phenoxy) is 1. The van der Waals surface area contributed by atoms with E-state index in [2.05, 4.69) is 10.1 Å². The molecule has 2 aromatic heterocycles. The molecule has 0 saturated carbocycles. The van der Waals surface area contributed by atoms with Crippen LogP contribution in [0.2, 0.25) is 0 Å². The fourth-order valence-corrected chi connectivity index (χ4v) is 5.60. The highest BCUT2D eigenvalue weighted by Crippen LogP contribution is 2.46. The molecule has 0 radical (unpaired) electrons. The lowest BCUT2D eigenvalue weighted by Crippen LogP contribution is -2.31. The van der Waals surface area contributed by atoms with E-state index in [1.54, 1.807) is 4.52 Å². The van der Waals surface area contributed by atoms with Crippen molar-refractivity contribution in [1.29, 1.82) is 0 Å². The molecule has 10 heteroatoms. The molecule has 0 aliphatic carbocycles. The summed E-state index contributed by atoms with van der Waals surface area (Å²) in [6.07, 6.45) is 4.61. The van der Waals surface area contributed by atoms with Crippen LogP contribution in [0.1, 0.15) is 30.0 Å². The second kappa shape index (κ2) is 9.65. The summed E-state index contributed by atoms with van der Waals surface area (Å²) >= 11 is 1.08. The van der Waals surface area contributed by atoms with Gasteiger partial charge in [-0.05, 0) is 48.1 Å². The number of anilines is 1. The number of carboxylic acid groups (broad SMARTS) is 1. The molecule has 0 bridgehead atoms. The van der Waals surface area contributed by atoms with Crippen molar-refractivity contribution in [3.05, 3.63) is 78.3 Å². The number of thioether (sulfide) groups is 1. The van der Waals surface area contributed by atoms with Crippen LogP contribution in [0.15, 0.2) is 67.0 Å². The quantitative estimate of drug-likeness (QED) is 0.225. The number of nitrogen functional groups attached to an aromatic ring is 1. The van der Waals surface area contributed by atoms with Gasteiger partial charge in [0.25, 0.3) is 0 Å². The molecular formula is C26H24N4O5S. The van der Waals surface area contributed by atoms with Gasteiger partial charge in [0.15, 0.2) is 5.82 Å². The number of carboxylic acids is 1. The third kappa shape index (κ3) is 4.78. The number of para-hydroxylation sites is 1. The van der Waals surface area contributed by atoms with E-state index in [9.17, 15) is 20.1 Å². The van der Waals surface area contributed by atoms with Gasteiger partial charge in [0, 0.05) is 29.5 Å². The molecule has 1 aliphatic rings. The first-order valence-electron chi connectivity index (χ1n) is 11.3. The lowest BCUT2D eigenvalue weighted by Gasteiger charge is -2.32. The van der Waals surface area contributed by atoms with Crippen LogP contribution in [0.25, 0.3) is 22.7 Å². The minimum absolute atomic E-state index is 0.0604. The highest BCUT2D eigenvalue weighted by molar-refractivity contribution is 8.00. The van der Waals surface area contributed by atoms with E-state index in [1.165, 1.54) is 12.4 Å². The Balaban J connectivity index is 1.67. The number of nitrogens with two attached hydrogens (primary N) is 1. The number of fused-ring (bicyclic) bond motifs is 1. The van der Waals surface area contributed by atoms with Crippen molar-refractivity contribution in [2.45, 2.75) is 23.9 Å². The van der Waals surface area contributed by atoms with Crippen molar-refractivity contribution in [2.24, 2.45) is 0 Å². The molecule has 9 nitrogen and oxygen atoms in total. The summed E-state index contributed by atoms with van der Waals surface area (Å²) in [7, 11) is 0. The van der Waals surface area contributed by atoms with Gasteiger partial charge in [-0.15, -0.1) is 0 Å². The molecule has 4 aromatic rings. The number of carbonyl (C=O) groups is 1. The van der Waals surface area contributed by atoms with E-state index in [4.69, 9.17) is 10.5 Å². The van der Waals surface area contributed by atoms with Gasteiger partial charge in [-0.3, -0.25) is 0 Å². The lowest BCUT2D eigenvalue weighted by atomic mass is 9.91. The van der Waals surface area contributed by atoms with E-state index < -0.39 is 11.1 Å². The summed E-state index contributed by atoms with van der Waals surface area (Å²) in [6, 6.07) is 16.8. The molecule has 1 fully saturated rings. The predicted octanol–water partition coefficient (Wildman–Crippen LogP) is 4.12. The topological polar surface area (TPSA) is 143 Å². The molecule has 3 heterocycles. The molecule has 5 rings (SSSR count). The zero-order chi connectivity index (χ0) is 25.3. The Hall–Kier alpha value is -3.86. The van der Waals surface area contributed by atoms with Crippen molar-refractivity contribution >= 4 is 35.1 Å². The maximum atomic E-state index is 11.5. The van der Waals surface area contributed by atoms with Crippen molar-refractivity contribution in [2.75, 3.05) is 11.5 Å². The highest BCUT2D eigenvalue weighted by Gasteiger charge is 2.37.